The van der Waals surface area contributed by atoms with Crippen LogP contribution >= 0.6 is 11.3 Å². The Morgan fingerprint density at radius 3 is 2.79 bits per heavy atom. The molecule has 2 heterocycles. The third kappa shape index (κ3) is 3.57. The average molecular weight is 404 g/mol. The van der Waals surface area contributed by atoms with Gasteiger partial charge in [0.05, 0.1) is 5.56 Å². The van der Waals surface area contributed by atoms with Crippen LogP contribution in [0.25, 0.3) is 0 Å². The van der Waals surface area contributed by atoms with Crippen LogP contribution in [0, 0.1) is 11.3 Å². The molecule has 148 valence electrons. The minimum atomic E-state index is -1.04. The Balaban J connectivity index is 1.53. The van der Waals surface area contributed by atoms with Crippen LogP contribution in [0.5, 0.6) is 0 Å². The largest absolute Gasteiger partial charge is 0.454 e. The maximum Gasteiger partial charge on any atom is 0.326 e. The second-order valence-electron chi connectivity index (χ2n) is 6.89. The number of thiophene rings is 1. The summed E-state index contributed by atoms with van der Waals surface area (Å²) in [6.45, 7) is 2.20. The number of ether oxygens (including phenoxy) is 1. The molecule has 1 aliphatic heterocycles. The number of carbonyl (C=O) groups is 4. The van der Waals surface area contributed by atoms with Crippen LogP contribution in [-0.2, 0) is 32.0 Å². The van der Waals surface area contributed by atoms with E-state index in [-0.39, 0.29) is 0 Å². The molecule has 0 unspecified atom stereocenters. The standard InChI is InChI=1S/C18H20N4O5S/c1-3-18(2)16(25)22(17(26)21-18)8-14(24)27-9-13(23)20-15-11(7-19)10-5-4-6-12(10)28-15/h3-6,8-9H2,1-2H3,(H,20,23)(H,21,26)/t18-/m1/s1. The Bertz CT molecular complexity index is 903. The van der Waals surface area contributed by atoms with Crippen LogP contribution in [0.3, 0.4) is 0 Å². The highest BCUT2D eigenvalue weighted by Crippen LogP contribution is 2.38. The Morgan fingerprint density at radius 1 is 1.39 bits per heavy atom. The first kappa shape index (κ1) is 19.8. The van der Waals surface area contributed by atoms with Crippen molar-refractivity contribution in [1.29, 1.82) is 5.26 Å². The van der Waals surface area contributed by atoms with Gasteiger partial charge in [0.15, 0.2) is 6.61 Å². The van der Waals surface area contributed by atoms with E-state index in [0.29, 0.717) is 17.0 Å². The molecule has 2 aliphatic rings. The lowest BCUT2D eigenvalue weighted by molar-refractivity contribution is -0.150. The van der Waals surface area contributed by atoms with Crippen molar-refractivity contribution in [2.24, 2.45) is 0 Å². The molecule has 1 aromatic heterocycles. The molecule has 1 fully saturated rings. The van der Waals surface area contributed by atoms with Gasteiger partial charge in [-0.3, -0.25) is 19.3 Å². The monoisotopic (exact) mass is 404 g/mol. The molecule has 0 saturated carbocycles. The number of amides is 4. The number of esters is 1. The predicted molar refractivity (Wildman–Crippen MR) is 99.6 cm³/mol. The summed E-state index contributed by atoms with van der Waals surface area (Å²) >= 11 is 1.36. The second-order valence-corrected chi connectivity index (χ2v) is 7.99. The smallest absolute Gasteiger partial charge is 0.326 e. The lowest BCUT2D eigenvalue weighted by atomic mass is 9.99. The number of carbonyl (C=O) groups excluding carboxylic acids is 4. The van der Waals surface area contributed by atoms with Crippen LogP contribution in [0.4, 0.5) is 9.80 Å². The number of anilines is 1. The lowest BCUT2D eigenvalue weighted by Gasteiger charge is -2.18. The van der Waals surface area contributed by atoms with Crippen LogP contribution in [0.1, 0.15) is 42.7 Å². The maximum atomic E-state index is 12.2. The van der Waals surface area contributed by atoms with Crippen molar-refractivity contribution in [3.05, 3.63) is 16.0 Å². The van der Waals surface area contributed by atoms with Crippen molar-refractivity contribution < 1.29 is 23.9 Å². The molecule has 1 aliphatic carbocycles. The highest BCUT2D eigenvalue weighted by atomic mass is 32.1. The molecule has 10 heteroatoms. The minimum absolute atomic E-state index is 0.386. The first-order valence-electron chi connectivity index (χ1n) is 8.93. The van der Waals surface area contributed by atoms with Crippen molar-refractivity contribution in [3.8, 4) is 6.07 Å². The van der Waals surface area contributed by atoms with E-state index < -0.39 is 42.5 Å². The van der Waals surface area contributed by atoms with Crippen LogP contribution in [-0.4, -0.2) is 47.4 Å². The van der Waals surface area contributed by atoms with Gasteiger partial charge in [-0.2, -0.15) is 5.26 Å². The number of fused-ring (bicyclic) bond motifs is 1. The number of rotatable bonds is 6. The van der Waals surface area contributed by atoms with Gasteiger partial charge in [-0.05, 0) is 38.2 Å². The molecule has 0 bridgehead atoms. The van der Waals surface area contributed by atoms with Gasteiger partial charge in [0.1, 0.15) is 23.2 Å². The van der Waals surface area contributed by atoms with Crippen molar-refractivity contribution in [2.75, 3.05) is 18.5 Å². The van der Waals surface area contributed by atoms with E-state index in [9.17, 15) is 24.4 Å². The molecule has 2 N–H and O–H groups in total. The van der Waals surface area contributed by atoms with Gasteiger partial charge in [0.25, 0.3) is 11.8 Å². The molecule has 0 aromatic carbocycles. The molecule has 3 rings (SSSR count). The van der Waals surface area contributed by atoms with E-state index in [0.717, 1.165) is 34.6 Å². The molecular weight excluding hydrogens is 384 g/mol. The Morgan fingerprint density at radius 2 is 2.14 bits per heavy atom. The number of urea groups is 1. The van der Waals surface area contributed by atoms with Crippen molar-refractivity contribution in [3.63, 3.8) is 0 Å². The number of hydrogen-bond acceptors (Lipinski definition) is 7. The van der Waals surface area contributed by atoms with Crippen LogP contribution in [0.15, 0.2) is 0 Å². The Labute approximate surface area is 165 Å². The van der Waals surface area contributed by atoms with E-state index in [2.05, 4.69) is 16.7 Å². The fourth-order valence-corrected chi connectivity index (χ4v) is 4.48. The molecule has 0 spiro atoms. The Kier molecular flexibility index (Phi) is 5.38. The summed E-state index contributed by atoms with van der Waals surface area (Å²) in [6, 6.07) is 1.45. The summed E-state index contributed by atoms with van der Waals surface area (Å²) in [7, 11) is 0. The highest BCUT2D eigenvalue weighted by molar-refractivity contribution is 7.16. The highest BCUT2D eigenvalue weighted by Gasteiger charge is 2.47. The number of nitrogens with one attached hydrogen (secondary N) is 2. The molecule has 1 aromatic rings. The SMILES string of the molecule is CC[C@@]1(C)NC(=O)N(CC(=O)OCC(=O)Nc2sc3c(c2C#N)CCC3)C1=O. The fourth-order valence-electron chi connectivity index (χ4n) is 3.22. The van der Waals surface area contributed by atoms with Crippen molar-refractivity contribution in [2.45, 2.75) is 45.1 Å². The van der Waals surface area contributed by atoms with E-state index in [1.54, 1.807) is 13.8 Å². The van der Waals surface area contributed by atoms with Crippen LogP contribution in [0.2, 0.25) is 0 Å². The molecule has 0 radical (unpaired) electrons. The topological polar surface area (TPSA) is 129 Å². The average Bonchev–Trinajstić information content (AvgIpc) is 3.29. The van der Waals surface area contributed by atoms with Gasteiger partial charge < -0.3 is 15.4 Å². The second kappa shape index (κ2) is 7.59. The molecule has 4 amide bonds. The summed E-state index contributed by atoms with van der Waals surface area (Å²) in [4.78, 5) is 50.1. The van der Waals surface area contributed by atoms with Crippen molar-refractivity contribution >= 4 is 40.2 Å². The van der Waals surface area contributed by atoms with Crippen LogP contribution < -0.4 is 10.6 Å². The predicted octanol–water partition coefficient (Wildman–Crippen LogP) is 1.31. The van der Waals surface area contributed by atoms with E-state index in [1.165, 1.54) is 11.3 Å². The number of imide groups is 1. The molecule has 9 nitrogen and oxygen atoms in total. The zero-order chi connectivity index (χ0) is 20.5. The molecular formula is C18H20N4O5S. The van der Waals surface area contributed by atoms with E-state index in [4.69, 9.17) is 4.74 Å². The van der Waals surface area contributed by atoms with Gasteiger partial charge in [-0.15, -0.1) is 11.3 Å². The number of hydrogen-bond donors (Lipinski definition) is 2. The van der Waals surface area contributed by atoms with Gasteiger partial charge in [0.2, 0.25) is 0 Å². The van der Waals surface area contributed by atoms with E-state index in [1.807, 2.05) is 0 Å². The Hall–Kier alpha value is -2.93. The summed E-state index contributed by atoms with van der Waals surface area (Å²) < 4.78 is 4.88. The first-order valence-corrected chi connectivity index (χ1v) is 9.75. The van der Waals surface area contributed by atoms with Crippen molar-refractivity contribution in [1.82, 2.24) is 10.2 Å². The maximum absolute atomic E-state index is 12.2. The van der Waals surface area contributed by atoms with E-state index >= 15 is 0 Å². The van der Waals surface area contributed by atoms with Gasteiger partial charge in [-0.1, -0.05) is 6.92 Å². The normalized spacial score (nSPS) is 20.5. The summed E-state index contributed by atoms with van der Waals surface area (Å²) in [5.74, 6) is -1.96. The van der Waals surface area contributed by atoms with Gasteiger partial charge in [-0.25, -0.2) is 4.79 Å². The molecule has 1 atom stereocenters. The zero-order valence-corrected chi connectivity index (χ0v) is 16.4. The number of nitrogens with zero attached hydrogens (tertiary/aromatic N) is 2. The number of nitriles is 1. The summed E-state index contributed by atoms with van der Waals surface area (Å²) in [6.07, 6.45) is 3.10. The first-order chi connectivity index (χ1) is 13.3. The third-order valence-electron chi connectivity index (χ3n) is 4.99. The fraction of sp³-hybridized carbons (Fsp3) is 0.500. The summed E-state index contributed by atoms with van der Waals surface area (Å²) in [5, 5.41) is 14.9. The molecule has 1 saturated heterocycles. The number of aryl methyl sites for hydroxylation is 1. The quantitative estimate of drug-likeness (QED) is 0.543. The third-order valence-corrected chi connectivity index (χ3v) is 6.20. The van der Waals surface area contributed by atoms with Gasteiger partial charge >= 0.3 is 12.0 Å². The summed E-state index contributed by atoms with van der Waals surface area (Å²) in [5.41, 5.74) is 0.412. The molecule has 28 heavy (non-hydrogen) atoms. The van der Waals surface area contributed by atoms with Gasteiger partial charge in [0, 0.05) is 4.88 Å². The lowest BCUT2D eigenvalue weighted by Crippen LogP contribution is -2.43. The minimum Gasteiger partial charge on any atom is -0.454 e. The zero-order valence-electron chi connectivity index (χ0n) is 15.6.